The molecule has 104 valence electrons. The molecule has 5 nitrogen and oxygen atoms in total. The first-order valence-corrected chi connectivity index (χ1v) is 8.40. The third-order valence-electron chi connectivity index (χ3n) is 4.02. The van der Waals surface area contributed by atoms with Crippen molar-refractivity contribution in [3.8, 4) is 0 Å². The van der Waals surface area contributed by atoms with Gasteiger partial charge in [-0.1, -0.05) is 12.2 Å². The van der Waals surface area contributed by atoms with Crippen LogP contribution in [-0.2, 0) is 10.0 Å². The summed E-state index contributed by atoms with van der Waals surface area (Å²) < 4.78 is 26.8. The van der Waals surface area contributed by atoms with Gasteiger partial charge in [0.05, 0.1) is 4.99 Å². The minimum atomic E-state index is -3.42. The molecule has 0 radical (unpaired) electrons. The van der Waals surface area contributed by atoms with Gasteiger partial charge in [-0.05, 0) is 45.7 Å². The van der Waals surface area contributed by atoms with E-state index in [1.165, 1.54) is 19.8 Å². The number of sulfonamides is 1. The summed E-state index contributed by atoms with van der Waals surface area (Å²) in [6.07, 6.45) is 4.19. The quantitative estimate of drug-likeness (QED) is 0.724. The third kappa shape index (κ3) is 3.01. The van der Waals surface area contributed by atoms with Crippen molar-refractivity contribution in [3.63, 3.8) is 0 Å². The zero-order valence-corrected chi connectivity index (χ0v) is 12.3. The summed E-state index contributed by atoms with van der Waals surface area (Å²) in [5.74, 6) is 0. The van der Waals surface area contributed by atoms with Gasteiger partial charge in [0.25, 0.3) is 0 Å². The Morgan fingerprint density at radius 1 is 1.44 bits per heavy atom. The van der Waals surface area contributed by atoms with Crippen molar-refractivity contribution < 1.29 is 8.42 Å². The van der Waals surface area contributed by atoms with Crippen molar-refractivity contribution in [1.82, 2.24) is 9.62 Å². The van der Waals surface area contributed by atoms with Gasteiger partial charge in [-0.15, -0.1) is 0 Å². The van der Waals surface area contributed by atoms with Crippen LogP contribution in [0.2, 0.25) is 0 Å². The first-order chi connectivity index (χ1) is 8.40. The summed E-state index contributed by atoms with van der Waals surface area (Å²) in [6, 6.07) is 0.581. The van der Waals surface area contributed by atoms with Gasteiger partial charge in [-0.3, -0.25) is 0 Å². The highest BCUT2D eigenvalue weighted by Gasteiger charge is 2.34. The van der Waals surface area contributed by atoms with Crippen LogP contribution >= 0.6 is 12.2 Å². The summed E-state index contributed by atoms with van der Waals surface area (Å²) in [6.45, 7) is 3.68. The molecular weight excluding hydrogens is 270 g/mol. The molecule has 2 rings (SSSR count). The van der Waals surface area contributed by atoms with Crippen LogP contribution in [0.5, 0.6) is 0 Å². The van der Waals surface area contributed by atoms with Crippen LogP contribution in [0.4, 0.5) is 0 Å². The summed E-state index contributed by atoms with van der Waals surface area (Å²) in [5, 5.41) is -0.797. The number of nitrogens with zero attached hydrogens (tertiary/aromatic N) is 1. The maximum atomic E-state index is 12.0. The molecule has 7 heteroatoms. The van der Waals surface area contributed by atoms with Crippen molar-refractivity contribution in [2.24, 2.45) is 5.73 Å². The number of hydrogen-bond donors (Lipinski definition) is 2. The Balaban J connectivity index is 1.95. The molecule has 0 spiro atoms. The minimum Gasteiger partial charge on any atom is -0.392 e. The standard InChI is InChI=1S/C11H21N3O2S2/c1-8(11(12)17)18(15,16)13-9-4-6-14-5-2-3-10(14)7-9/h8-10,13H,2-7H2,1H3,(H2,12,17). The molecule has 0 aromatic carbocycles. The van der Waals surface area contributed by atoms with Gasteiger partial charge in [0.1, 0.15) is 5.25 Å². The number of fused-ring (bicyclic) bond motifs is 1. The fourth-order valence-corrected chi connectivity index (χ4v) is 4.39. The van der Waals surface area contributed by atoms with Crippen molar-refractivity contribution in [2.45, 2.75) is 49.9 Å². The van der Waals surface area contributed by atoms with Crippen LogP contribution in [0.1, 0.15) is 32.6 Å². The predicted molar refractivity (Wildman–Crippen MR) is 75.9 cm³/mol. The van der Waals surface area contributed by atoms with Gasteiger partial charge in [0.15, 0.2) is 0 Å². The normalized spacial score (nSPS) is 30.9. The third-order valence-corrected chi connectivity index (χ3v) is 6.37. The first-order valence-electron chi connectivity index (χ1n) is 6.44. The van der Waals surface area contributed by atoms with E-state index in [-0.39, 0.29) is 11.0 Å². The molecule has 0 aromatic heterocycles. The van der Waals surface area contributed by atoms with Gasteiger partial charge < -0.3 is 10.6 Å². The average molecular weight is 291 g/mol. The maximum absolute atomic E-state index is 12.0. The van der Waals surface area contributed by atoms with E-state index in [1.54, 1.807) is 0 Å². The zero-order valence-electron chi connectivity index (χ0n) is 10.6. The second kappa shape index (κ2) is 5.40. The lowest BCUT2D eigenvalue weighted by Crippen LogP contribution is -2.50. The number of piperidine rings is 1. The topological polar surface area (TPSA) is 75.4 Å². The molecular formula is C11H21N3O2S2. The SMILES string of the molecule is CC(C(N)=S)S(=O)(=O)NC1CCN2CCCC2C1. The molecule has 2 fully saturated rings. The lowest BCUT2D eigenvalue weighted by molar-refractivity contribution is 0.176. The monoisotopic (exact) mass is 291 g/mol. The van der Waals surface area contributed by atoms with E-state index >= 15 is 0 Å². The summed E-state index contributed by atoms with van der Waals surface area (Å²) >= 11 is 4.76. The molecule has 2 heterocycles. The van der Waals surface area contributed by atoms with Crippen LogP contribution < -0.4 is 10.5 Å². The van der Waals surface area contributed by atoms with E-state index in [1.807, 2.05) is 0 Å². The van der Waals surface area contributed by atoms with Crippen LogP contribution in [0.3, 0.4) is 0 Å². The summed E-state index contributed by atoms with van der Waals surface area (Å²) in [4.78, 5) is 2.49. The maximum Gasteiger partial charge on any atom is 0.220 e. The molecule has 0 saturated carbocycles. The largest absolute Gasteiger partial charge is 0.392 e. The number of rotatable bonds is 4. The number of nitrogens with one attached hydrogen (secondary N) is 1. The Kier molecular flexibility index (Phi) is 4.25. The highest BCUT2D eigenvalue weighted by molar-refractivity contribution is 7.93. The van der Waals surface area contributed by atoms with E-state index in [0.717, 1.165) is 25.9 Å². The number of thiocarbonyl (C=S) groups is 1. The smallest absolute Gasteiger partial charge is 0.220 e. The fraction of sp³-hybridized carbons (Fsp3) is 0.909. The molecule has 2 aliphatic rings. The molecule has 3 N–H and O–H groups in total. The number of nitrogens with two attached hydrogens (primary N) is 1. The first kappa shape index (κ1) is 14.2. The van der Waals surface area contributed by atoms with Gasteiger partial charge in [0, 0.05) is 12.1 Å². The lowest BCUT2D eigenvalue weighted by Gasteiger charge is -2.35. The molecule has 0 aliphatic carbocycles. The molecule has 0 amide bonds. The molecule has 2 saturated heterocycles. The van der Waals surface area contributed by atoms with Crippen LogP contribution in [0, 0.1) is 0 Å². The minimum absolute atomic E-state index is 0.0285. The molecule has 2 aliphatic heterocycles. The second-order valence-corrected chi connectivity index (χ2v) is 7.77. The Hall–Kier alpha value is -0.240. The molecule has 3 atom stereocenters. The van der Waals surface area contributed by atoms with E-state index in [4.69, 9.17) is 18.0 Å². The van der Waals surface area contributed by atoms with Gasteiger partial charge in [-0.2, -0.15) is 0 Å². The summed E-state index contributed by atoms with van der Waals surface area (Å²) in [5.41, 5.74) is 5.42. The lowest BCUT2D eigenvalue weighted by atomic mass is 9.99. The Morgan fingerprint density at radius 2 is 2.17 bits per heavy atom. The highest BCUT2D eigenvalue weighted by atomic mass is 32.2. The second-order valence-electron chi connectivity index (χ2n) is 5.26. The molecule has 0 bridgehead atoms. The Bertz CT molecular complexity index is 424. The highest BCUT2D eigenvalue weighted by Crippen LogP contribution is 2.27. The van der Waals surface area contributed by atoms with E-state index in [9.17, 15) is 8.42 Å². The molecule has 3 unspecified atom stereocenters. The average Bonchev–Trinajstić information content (AvgIpc) is 2.74. The number of hydrogen-bond acceptors (Lipinski definition) is 4. The van der Waals surface area contributed by atoms with Crippen LogP contribution in [0.25, 0.3) is 0 Å². The Labute approximate surface area is 114 Å². The van der Waals surface area contributed by atoms with Crippen LogP contribution in [-0.4, -0.2) is 48.7 Å². The van der Waals surface area contributed by atoms with Crippen molar-refractivity contribution in [1.29, 1.82) is 0 Å². The van der Waals surface area contributed by atoms with Gasteiger partial charge in [-0.25, -0.2) is 13.1 Å². The van der Waals surface area contributed by atoms with E-state index < -0.39 is 15.3 Å². The molecule has 18 heavy (non-hydrogen) atoms. The van der Waals surface area contributed by atoms with Crippen LogP contribution in [0.15, 0.2) is 0 Å². The predicted octanol–water partition coefficient (Wildman–Crippen LogP) is 0.207. The van der Waals surface area contributed by atoms with E-state index in [0.29, 0.717) is 6.04 Å². The van der Waals surface area contributed by atoms with Crippen molar-refractivity contribution in [2.75, 3.05) is 13.1 Å². The molecule has 0 aromatic rings. The summed E-state index contributed by atoms with van der Waals surface area (Å²) in [7, 11) is -3.42. The zero-order chi connectivity index (χ0) is 13.3. The Morgan fingerprint density at radius 3 is 2.83 bits per heavy atom. The van der Waals surface area contributed by atoms with E-state index in [2.05, 4.69) is 9.62 Å². The van der Waals surface area contributed by atoms with Gasteiger partial charge >= 0.3 is 0 Å². The fourth-order valence-electron chi connectivity index (χ4n) is 2.82. The van der Waals surface area contributed by atoms with Gasteiger partial charge in [0.2, 0.25) is 10.0 Å². The van der Waals surface area contributed by atoms with Crippen molar-refractivity contribution in [3.05, 3.63) is 0 Å². The van der Waals surface area contributed by atoms with Crippen molar-refractivity contribution >= 4 is 27.2 Å².